The van der Waals surface area contributed by atoms with E-state index in [1.54, 1.807) is 43.3 Å². The van der Waals surface area contributed by atoms with Crippen LogP contribution >= 0.6 is 11.6 Å². The largest absolute Gasteiger partial charge is 0.480 e. The molecule has 17 nitrogen and oxygen atoms in total. The third kappa shape index (κ3) is 11.7. The van der Waals surface area contributed by atoms with E-state index in [0.29, 0.717) is 55.4 Å². The molecule has 2 atom stereocenters. The molecule has 0 bridgehead atoms. The van der Waals surface area contributed by atoms with Crippen LogP contribution in [0.3, 0.4) is 0 Å². The number of ether oxygens (including phenoxy) is 1. The number of aliphatic carboxylic acids is 1. The van der Waals surface area contributed by atoms with Gasteiger partial charge in [0.1, 0.15) is 12.3 Å². The number of carboxylic acids is 1. The highest BCUT2D eigenvalue weighted by Gasteiger charge is 2.45. The summed E-state index contributed by atoms with van der Waals surface area (Å²) < 4.78 is 43.7. The molecule has 2 heterocycles. The van der Waals surface area contributed by atoms with Crippen LogP contribution in [0.4, 0.5) is 42.1 Å². The van der Waals surface area contributed by atoms with Gasteiger partial charge in [-0.05, 0) is 86.0 Å². The van der Waals surface area contributed by atoms with Crippen molar-refractivity contribution in [1.29, 1.82) is 0 Å². The summed E-state index contributed by atoms with van der Waals surface area (Å²) >= 11 is 6.03. The normalized spacial score (nSPS) is 15.9. The Balaban J connectivity index is 1.02. The topological polar surface area (TPSA) is 223 Å². The molecule has 3 amide bonds. The molecule has 21 heteroatoms. The number of alkyl halides is 3. The quantitative estimate of drug-likeness (QED) is 0.0849. The third-order valence-corrected chi connectivity index (χ3v) is 9.74. The van der Waals surface area contributed by atoms with Gasteiger partial charge in [0.15, 0.2) is 6.61 Å². The maximum Gasteiger partial charge on any atom is 0.422 e. The minimum atomic E-state index is -4.66. The van der Waals surface area contributed by atoms with Crippen LogP contribution in [0.1, 0.15) is 35.7 Å². The summed E-state index contributed by atoms with van der Waals surface area (Å²) in [5, 5.41) is 33.0. The summed E-state index contributed by atoms with van der Waals surface area (Å²) in [5.74, 6) is -4.69. The fraction of sp³-hybridized carbons (Fsp3) is 0.342. The summed E-state index contributed by atoms with van der Waals surface area (Å²) in [5.41, 5.74) is 1.86. The van der Waals surface area contributed by atoms with Crippen molar-refractivity contribution in [2.24, 2.45) is 0 Å². The number of benzene rings is 3. The molecule has 0 spiro atoms. The van der Waals surface area contributed by atoms with Crippen LogP contribution in [0.5, 0.6) is 6.01 Å². The number of amides is 3. The van der Waals surface area contributed by atoms with E-state index in [2.05, 4.69) is 46.4 Å². The molecule has 312 valence electrons. The summed E-state index contributed by atoms with van der Waals surface area (Å²) in [6, 6.07) is 17.2. The Morgan fingerprint density at radius 1 is 0.864 bits per heavy atom. The molecule has 0 radical (unpaired) electrons. The predicted octanol–water partition coefficient (Wildman–Crippen LogP) is 3.71. The number of halogens is 4. The van der Waals surface area contributed by atoms with Crippen LogP contribution in [0.2, 0.25) is 5.02 Å². The molecule has 59 heavy (non-hydrogen) atoms. The number of carbonyl (C=O) groups is 4. The Bertz CT molecular complexity index is 2130. The number of carbonyl (C=O) groups excluding carboxylic acids is 3. The van der Waals surface area contributed by atoms with E-state index in [-0.39, 0.29) is 17.5 Å². The second-order valence-corrected chi connectivity index (χ2v) is 14.3. The molecule has 1 aliphatic carbocycles. The minimum Gasteiger partial charge on any atom is -0.480 e. The van der Waals surface area contributed by atoms with Gasteiger partial charge in [-0.3, -0.25) is 19.3 Å². The highest BCUT2D eigenvalue weighted by molar-refractivity contribution is 6.39. The zero-order valence-corrected chi connectivity index (χ0v) is 32.2. The lowest BCUT2D eigenvalue weighted by molar-refractivity contribution is -0.154. The molecule has 1 aliphatic heterocycles. The lowest BCUT2D eigenvalue weighted by Gasteiger charge is -2.37. The summed E-state index contributed by atoms with van der Waals surface area (Å²) in [7, 11) is 0. The monoisotopic (exact) mass is 840 g/mol. The molecule has 7 N–H and O–H groups in total. The fourth-order valence-electron chi connectivity index (χ4n) is 6.12. The zero-order chi connectivity index (χ0) is 42.3. The maximum absolute atomic E-state index is 13.0. The number of nitrogens with zero attached hydrogens (tertiary/aromatic N) is 5. The van der Waals surface area contributed by atoms with Gasteiger partial charge in [0.2, 0.25) is 11.9 Å². The van der Waals surface area contributed by atoms with Crippen molar-refractivity contribution < 1.29 is 47.3 Å². The number of carboxylic acid groups (broad SMARTS) is 1. The first-order valence-electron chi connectivity index (χ1n) is 18.3. The Morgan fingerprint density at radius 2 is 1.49 bits per heavy atom. The van der Waals surface area contributed by atoms with Gasteiger partial charge in [-0.1, -0.05) is 23.7 Å². The van der Waals surface area contributed by atoms with Crippen LogP contribution in [0, 0.1) is 0 Å². The van der Waals surface area contributed by atoms with E-state index in [1.165, 1.54) is 24.3 Å². The molecular weight excluding hydrogens is 801 g/mol. The van der Waals surface area contributed by atoms with Gasteiger partial charge in [-0.25, -0.2) is 4.79 Å². The second kappa shape index (κ2) is 18.1. The van der Waals surface area contributed by atoms with E-state index in [4.69, 9.17) is 16.3 Å². The number of piperazine rings is 1. The first-order chi connectivity index (χ1) is 28.1. The highest BCUT2D eigenvalue weighted by atomic mass is 35.5. The number of rotatable bonds is 15. The van der Waals surface area contributed by atoms with E-state index >= 15 is 0 Å². The summed E-state index contributed by atoms with van der Waals surface area (Å²) in [4.78, 5) is 66.4. The number of aliphatic hydroxyl groups excluding tert-OH is 1. The predicted molar refractivity (Wildman–Crippen MR) is 210 cm³/mol. The molecule has 1 unspecified atom stereocenters. The molecule has 2 aliphatic rings. The first-order valence-corrected chi connectivity index (χ1v) is 18.7. The Hall–Kier alpha value is -6.25. The van der Waals surface area contributed by atoms with Crippen LogP contribution in [0.25, 0.3) is 0 Å². The van der Waals surface area contributed by atoms with Crippen molar-refractivity contribution >= 4 is 64.3 Å². The van der Waals surface area contributed by atoms with Gasteiger partial charge in [0.05, 0.1) is 5.54 Å². The first kappa shape index (κ1) is 42.4. The van der Waals surface area contributed by atoms with Gasteiger partial charge in [-0.15, -0.1) is 0 Å². The van der Waals surface area contributed by atoms with E-state index in [0.717, 1.165) is 11.3 Å². The van der Waals surface area contributed by atoms with Crippen molar-refractivity contribution in [3.05, 3.63) is 88.9 Å². The van der Waals surface area contributed by atoms with E-state index in [9.17, 15) is 42.6 Å². The lowest BCUT2D eigenvalue weighted by Crippen LogP contribution is -2.50. The third-order valence-electron chi connectivity index (χ3n) is 9.49. The van der Waals surface area contributed by atoms with E-state index < -0.39 is 66.8 Å². The molecule has 3 aromatic carbocycles. The lowest BCUT2D eigenvalue weighted by atomic mass is 10.1. The molecule has 1 aromatic heterocycles. The van der Waals surface area contributed by atoms with Gasteiger partial charge >= 0.3 is 30.0 Å². The number of anilines is 5. The van der Waals surface area contributed by atoms with Crippen molar-refractivity contribution in [2.45, 2.75) is 43.8 Å². The minimum absolute atomic E-state index is 0.0185. The van der Waals surface area contributed by atoms with Crippen LogP contribution in [-0.4, -0.2) is 112 Å². The molecular formula is C38H40ClF3N10O7. The highest BCUT2D eigenvalue weighted by Crippen LogP contribution is 2.48. The summed E-state index contributed by atoms with van der Waals surface area (Å²) in [6.07, 6.45) is -3.80. The van der Waals surface area contributed by atoms with Crippen molar-refractivity contribution in [2.75, 3.05) is 60.2 Å². The molecule has 2 fully saturated rings. The average Bonchev–Trinajstić information content (AvgIpc) is 3.99. The standard InChI is InChI=1S/C38H40ClF3N10O7/c1-22(53)51-16-18-52(19-17-51)28-12-10-26(11-13-28)44-32(56)31(55)43-20-29(33(57)58)46-30(54)23-2-8-27(9-3-23)45-34-47-35(49-36(48-34)59-21-38(40,41)42)50-37(14-15-37)24-4-6-25(39)7-5-24/h2-13,22,29,53H,14-21H2,1H3,(H,43,55)(H,44,56)(H,46,54)(H,57,58)(H2,45,47,48,49,50)/t22?,29-/m0/s1. The van der Waals surface area contributed by atoms with Crippen LogP contribution in [0.15, 0.2) is 72.8 Å². The Morgan fingerprint density at radius 3 is 2.08 bits per heavy atom. The van der Waals surface area contributed by atoms with Gasteiger partial charge in [0, 0.05) is 60.4 Å². The number of nitrogens with one attached hydrogen (secondary N) is 5. The average molecular weight is 841 g/mol. The van der Waals surface area contributed by atoms with Gasteiger partial charge in [-0.2, -0.15) is 28.1 Å². The zero-order valence-electron chi connectivity index (χ0n) is 31.4. The Labute approximate surface area is 340 Å². The smallest absolute Gasteiger partial charge is 0.422 e. The Kier molecular flexibility index (Phi) is 13.0. The van der Waals surface area contributed by atoms with Gasteiger partial charge < -0.3 is 46.4 Å². The molecule has 4 aromatic rings. The van der Waals surface area contributed by atoms with Gasteiger partial charge in [0.25, 0.3) is 5.91 Å². The summed E-state index contributed by atoms with van der Waals surface area (Å²) in [6.45, 7) is 2.24. The van der Waals surface area contributed by atoms with Crippen molar-refractivity contribution in [3.63, 3.8) is 0 Å². The fourth-order valence-corrected chi connectivity index (χ4v) is 6.25. The molecule has 1 saturated heterocycles. The van der Waals surface area contributed by atoms with Crippen LogP contribution in [-0.2, 0) is 19.9 Å². The van der Waals surface area contributed by atoms with Crippen LogP contribution < -0.4 is 36.2 Å². The maximum atomic E-state index is 13.0. The second-order valence-electron chi connectivity index (χ2n) is 13.8. The number of aliphatic hydroxyl groups is 1. The van der Waals surface area contributed by atoms with E-state index in [1.807, 2.05) is 17.0 Å². The molecule has 6 rings (SSSR count). The van der Waals surface area contributed by atoms with Crippen molar-refractivity contribution in [1.82, 2.24) is 30.5 Å². The SMILES string of the molecule is CC(O)N1CCN(c2ccc(NC(=O)C(=O)NC[C@H](NC(=O)c3ccc(Nc4nc(NC5(c6ccc(Cl)cc6)CC5)nc(OCC(F)(F)F)n4)cc3)C(=O)O)cc2)CC1. The molecule has 1 saturated carbocycles. The number of hydrogen-bond acceptors (Lipinski definition) is 13. The number of aromatic nitrogens is 3. The number of hydrogen-bond donors (Lipinski definition) is 7. The van der Waals surface area contributed by atoms with Crippen molar-refractivity contribution in [3.8, 4) is 6.01 Å².